The van der Waals surface area contributed by atoms with Gasteiger partial charge in [0.15, 0.2) is 0 Å². The van der Waals surface area contributed by atoms with Crippen LogP contribution in [-0.2, 0) is 20.7 Å². The maximum atomic E-state index is 12.7. The first-order valence-corrected chi connectivity index (χ1v) is 10.2. The minimum absolute atomic E-state index is 0.0277. The number of rotatable bonds is 6. The van der Waals surface area contributed by atoms with Crippen molar-refractivity contribution in [2.75, 3.05) is 13.1 Å². The van der Waals surface area contributed by atoms with Gasteiger partial charge in [-0.2, -0.15) is 0 Å². The first-order valence-electron chi connectivity index (χ1n) is 10.2. The van der Waals surface area contributed by atoms with E-state index in [4.69, 9.17) is 19.8 Å². The number of amides is 1. The summed E-state index contributed by atoms with van der Waals surface area (Å²) in [7, 11) is 0. The average molecular weight is 435 g/mol. The van der Waals surface area contributed by atoms with Crippen LogP contribution in [0.2, 0.25) is 0 Å². The fourth-order valence-corrected chi connectivity index (χ4v) is 2.66. The van der Waals surface area contributed by atoms with E-state index in [1.54, 1.807) is 41.5 Å². The van der Waals surface area contributed by atoms with Gasteiger partial charge in [-0.15, -0.1) is 5.06 Å². The van der Waals surface area contributed by atoms with Crippen LogP contribution in [0.4, 0.5) is 9.59 Å². The summed E-state index contributed by atoms with van der Waals surface area (Å²) >= 11 is 0. The third kappa shape index (κ3) is 10.6. The lowest BCUT2D eigenvalue weighted by molar-refractivity contribution is -0.140. The molecular weight excluding hydrogens is 400 g/mol. The number of hydroxylamine groups is 2. The van der Waals surface area contributed by atoms with Gasteiger partial charge in [0.1, 0.15) is 11.2 Å². The van der Waals surface area contributed by atoms with Crippen LogP contribution >= 0.6 is 0 Å². The summed E-state index contributed by atoms with van der Waals surface area (Å²) in [6.07, 6.45) is -1.34. The molecule has 0 saturated heterocycles. The predicted molar refractivity (Wildman–Crippen MR) is 117 cm³/mol. The van der Waals surface area contributed by atoms with Crippen LogP contribution in [0.25, 0.3) is 10.4 Å². The summed E-state index contributed by atoms with van der Waals surface area (Å²) in [5.74, 6) is -0.312. The van der Waals surface area contributed by atoms with E-state index in [1.165, 1.54) is 5.56 Å². The van der Waals surface area contributed by atoms with E-state index in [-0.39, 0.29) is 19.0 Å². The molecule has 1 rings (SSSR count). The second-order valence-corrected chi connectivity index (χ2v) is 9.50. The molecule has 9 heteroatoms. The smallest absolute Gasteiger partial charge is 0.442 e. The normalized spacial score (nSPS) is 12.4. The van der Waals surface area contributed by atoms with E-state index in [2.05, 4.69) is 10.0 Å². The van der Waals surface area contributed by atoms with Crippen molar-refractivity contribution < 1.29 is 23.9 Å². The van der Waals surface area contributed by atoms with Gasteiger partial charge in [-0.25, -0.2) is 9.59 Å². The third-order valence-corrected chi connectivity index (χ3v) is 4.09. The number of aryl methyl sites for hydroxylation is 2. The molecule has 0 radical (unpaired) electrons. The molecule has 1 aromatic carbocycles. The predicted octanol–water partition coefficient (Wildman–Crippen LogP) is 5.88. The Bertz CT molecular complexity index is 820. The molecule has 0 N–H and O–H groups in total. The topological polar surface area (TPSA) is 114 Å². The van der Waals surface area contributed by atoms with Crippen molar-refractivity contribution in [1.29, 1.82) is 0 Å². The van der Waals surface area contributed by atoms with Gasteiger partial charge in [-0.05, 0) is 90.0 Å². The fourth-order valence-electron chi connectivity index (χ4n) is 2.66. The highest BCUT2D eigenvalue weighted by atomic mass is 16.8. The SMILES string of the molecule is Cc1ccc(CC(CN=[N+]=[N-])CN(OC(=O)OC(C)(C)C)C(=O)OC(C)(C)C)cc1C. The van der Waals surface area contributed by atoms with E-state index in [0.717, 1.165) is 16.2 Å². The summed E-state index contributed by atoms with van der Waals surface area (Å²) in [6, 6.07) is 6.04. The Kier molecular flexibility index (Phi) is 9.19. The Morgan fingerprint density at radius 2 is 1.68 bits per heavy atom. The Morgan fingerprint density at radius 3 is 2.19 bits per heavy atom. The van der Waals surface area contributed by atoms with Crippen molar-refractivity contribution >= 4 is 12.2 Å². The van der Waals surface area contributed by atoms with Crippen LogP contribution in [0.3, 0.4) is 0 Å². The zero-order valence-electron chi connectivity index (χ0n) is 19.8. The molecule has 1 atom stereocenters. The molecule has 172 valence electrons. The molecule has 1 amide bonds. The van der Waals surface area contributed by atoms with Gasteiger partial charge in [0.25, 0.3) is 0 Å². The molecule has 1 aromatic rings. The van der Waals surface area contributed by atoms with E-state index >= 15 is 0 Å². The van der Waals surface area contributed by atoms with Gasteiger partial charge in [0.05, 0.1) is 6.54 Å². The van der Waals surface area contributed by atoms with Crippen LogP contribution < -0.4 is 0 Å². The highest BCUT2D eigenvalue weighted by Crippen LogP contribution is 2.19. The highest BCUT2D eigenvalue weighted by Gasteiger charge is 2.30. The maximum absolute atomic E-state index is 12.7. The van der Waals surface area contributed by atoms with Gasteiger partial charge >= 0.3 is 12.2 Å². The lowest BCUT2D eigenvalue weighted by Crippen LogP contribution is -2.42. The molecule has 0 spiro atoms. The zero-order chi connectivity index (χ0) is 23.8. The number of hydrogen-bond donors (Lipinski definition) is 0. The molecule has 9 nitrogen and oxygen atoms in total. The fraction of sp³-hybridized carbons (Fsp3) is 0.636. The molecular formula is C22H34N4O5. The molecule has 0 saturated carbocycles. The number of carbonyl (C=O) groups excluding carboxylic acids is 2. The summed E-state index contributed by atoms with van der Waals surface area (Å²) in [5, 5.41) is 4.50. The Balaban J connectivity index is 3.09. The third-order valence-electron chi connectivity index (χ3n) is 4.09. The molecule has 1 unspecified atom stereocenters. The number of benzene rings is 1. The first kappa shape index (κ1) is 26.1. The molecule has 0 bridgehead atoms. The molecule has 0 aliphatic carbocycles. The van der Waals surface area contributed by atoms with Gasteiger partial charge < -0.3 is 14.3 Å². The molecule has 31 heavy (non-hydrogen) atoms. The van der Waals surface area contributed by atoms with E-state index in [0.29, 0.717) is 6.42 Å². The number of ether oxygens (including phenoxy) is 2. The van der Waals surface area contributed by atoms with Gasteiger partial charge in [-0.3, -0.25) is 0 Å². The minimum atomic E-state index is -1.02. The first-order chi connectivity index (χ1) is 14.2. The van der Waals surface area contributed by atoms with Crippen LogP contribution in [0, 0.1) is 19.8 Å². The standard InChI is InChI=1S/C22H34N4O5/c1-15-9-10-17(11-16(15)2)12-18(13-24-25-23)14-26(19(27)29-21(3,4)5)31-20(28)30-22(6,7)8/h9-11,18H,12-14H2,1-8H3. The van der Waals surface area contributed by atoms with Crippen molar-refractivity contribution in [2.24, 2.45) is 11.0 Å². The van der Waals surface area contributed by atoms with Crippen molar-refractivity contribution in [3.8, 4) is 0 Å². The molecule has 0 aromatic heterocycles. The summed E-state index contributed by atoms with van der Waals surface area (Å²) in [4.78, 5) is 32.9. The molecule has 0 fully saturated rings. The lowest BCUT2D eigenvalue weighted by Gasteiger charge is -2.29. The van der Waals surface area contributed by atoms with Crippen LogP contribution in [0.15, 0.2) is 23.3 Å². The summed E-state index contributed by atoms with van der Waals surface area (Å²) < 4.78 is 10.5. The van der Waals surface area contributed by atoms with Crippen LogP contribution in [-0.4, -0.2) is 41.6 Å². The summed E-state index contributed by atoms with van der Waals surface area (Å²) in [6.45, 7) is 14.3. The molecule has 0 heterocycles. The van der Waals surface area contributed by atoms with Gasteiger partial charge in [0.2, 0.25) is 0 Å². The quantitative estimate of drug-likeness (QED) is 0.182. The van der Waals surface area contributed by atoms with Crippen LogP contribution in [0.5, 0.6) is 0 Å². The number of hydrogen-bond acceptors (Lipinski definition) is 6. The van der Waals surface area contributed by atoms with Crippen molar-refractivity contribution in [3.63, 3.8) is 0 Å². The largest absolute Gasteiger partial charge is 0.534 e. The Hall–Kier alpha value is -2.93. The number of azide groups is 1. The van der Waals surface area contributed by atoms with E-state index < -0.39 is 23.5 Å². The second-order valence-electron chi connectivity index (χ2n) is 9.50. The monoisotopic (exact) mass is 434 g/mol. The summed E-state index contributed by atoms with van der Waals surface area (Å²) in [5.41, 5.74) is 10.5. The Labute approximate surface area is 184 Å². The Morgan fingerprint density at radius 1 is 1.06 bits per heavy atom. The van der Waals surface area contributed by atoms with E-state index in [1.807, 2.05) is 32.0 Å². The second kappa shape index (κ2) is 10.9. The van der Waals surface area contributed by atoms with Crippen molar-refractivity contribution in [3.05, 3.63) is 45.3 Å². The molecule has 0 aliphatic heterocycles. The highest BCUT2D eigenvalue weighted by molar-refractivity contribution is 5.70. The number of carbonyl (C=O) groups is 2. The zero-order valence-corrected chi connectivity index (χ0v) is 19.8. The maximum Gasteiger partial charge on any atom is 0.534 e. The van der Waals surface area contributed by atoms with E-state index in [9.17, 15) is 9.59 Å². The van der Waals surface area contributed by atoms with Gasteiger partial charge in [0, 0.05) is 11.5 Å². The van der Waals surface area contributed by atoms with Crippen LogP contribution in [0.1, 0.15) is 58.2 Å². The number of nitrogens with zero attached hydrogens (tertiary/aromatic N) is 4. The van der Waals surface area contributed by atoms with Crippen molar-refractivity contribution in [1.82, 2.24) is 5.06 Å². The lowest BCUT2D eigenvalue weighted by atomic mass is 9.96. The minimum Gasteiger partial charge on any atom is -0.442 e. The molecule has 0 aliphatic rings. The average Bonchev–Trinajstić information content (AvgIpc) is 2.59. The van der Waals surface area contributed by atoms with Gasteiger partial charge in [-0.1, -0.05) is 23.3 Å². The van der Waals surface area contributed by atoms with Crippen molar-refractivity contribution in [2.45, 2.75) is 73.0 Å².